The van der Waals surface area contributed by atoms with E-state index in [1.807, 2.05) is 38.4 Å². The van der Waals surface area contributed by atoms with Crippen LogP contribution >= 0.6 is 0 Å². The second-order valence-corrected chi connectivity index (χ2v) is 5.61. The fourth-order valence-electron chi connectivity index (χ4n) is 2.49. The summed E-state index contributed by atoms with van der Waals surface area (Å²) < 4.78 is 0. The van der Waals surface area contributed by atoms with Crippen LogP contribution < -0.4 is 5.32 Å². The maximum atomic E-state index is 11.7. The summed E-state index contributed by atoms with van der Waals surface area (Å²) in [7, 11) is 3.67. The molecule has 1 aromatic carbocycles. The van der Waals surface area contributed by atoms with E-state index in [9.17, 15) is 9.90 Å². The minimum Gasteiger partial charge on any atom is -0.494 e. The van der Waals surface area contributed by atoms with Crippen LogP contribution in [0.4, 0.5) is 5.69 Å². The lowest BCUT2D eigenvalue weighted by atomic mass is 10.1. The fourth-order valence-corrected chi connectivity index (χ4v) is 2.49. The van der Waals surface area contributed by atoms with Crippen molar-refractivity contribution < 1.29 is 9.90 Å². The number of para-hydroxylation sites is 1. The van der Waals surface area contributed by atoms with Crippen LogP contribution in [0, 0.1) is 0 Å². The lowest BCUT2D eigenvalue weighted by Gasteiger charge is -2.10. The van der Waals surface area contributed by atoms with E-state index < -0.39 is 0 Å². The Morgan fingerprint density at radius 2 is 2.04 bits per heavy atom. The number of H-pyrrole nitrogens is 1. The van der Waals surface area contributed by atoms with Crippen molar-refractivity contribution in [3.63, 3.8) is 0 Å². The number of aromatic amines is 1. The van der Waals surface area contributed by atoms with Crippen molar-refractivity contribution >= 4 is 22.5 Å². The van der Waals surface area contributed by atoms with Gasteiger partial charge in [0, 0.05) is 10.9 Å². The van der Waals surface area contributed by atoms with Gasteiger partial charge in [-0.3, -0.25) is 9.78 Å². The van der Waals surface area contributed by atoms with Gasteiger partial charge in [-0.15, -0.1) is 0 Å². The topological polar surface area (TPSA) is 81.3 Å². The molecule has 0 saturated carbocycles. The van der Waals surface area contributed by atoms with Gasteiger partial charge in [0.05, 0.1) is 29.7 Å². The van der Waals surface area contributed by atoms with Gasteiger partial charge in [0.15, 0.2) is 5.88 Å². The highest BCUT2D eigenvalue weighted by molar-refractivity contribution is 5.98. The van der Waals surface area contributed by atoms with Crippen molar-refractivity contribution in [1.82, 2.24) is 14.9 Å². The zero-order chi connectivity index (χ0) is 16.4. The van der Waals surface area contributed by atoms with Gasteiger partial charge in [-0.25, -0.2) is 0 Å². The largest absolute Gasteiger partial charge is 0.494 e. The minimum atomic E-state index is -0.0977. The van der Waals surface area contributed by atoms with E-state index in [0.717, 1.165) is 10.9 Å². The molecule has 2 aromatic heterocycles. The summed E-state index contributed by atoms with van der Waals surface area (Å²) in [4.78, 5) is 20.8. The highest BCUT2D eigenvalue weighted by atomic mass is 16.3. The number of nitrogens with one attached hydrogen (secondary N) is 2. The molecule has 3 N–H and O–H groups in total. The number of fused-ring (bicyclic) bond motifs is 1. The third-order valence-corrected chi connectivity index (χ3v) is 3.45. The molecule has 2 heterocycles. The molecule has 0 atom stereocenters. The summed E-state index contributed by atoms with van der Waals surface area (Å²) in [6, 6.07) is 11.2. The van der Waals surface area contributed by atoms with Crippen LogP contribution in [0.1, 0.15) is 0 Å². The predicted octanol–water partition coefficient (Wildman–Crippen LogP) is 2.44. The second-order valence-electron chi connectivity index (χ2n) is 5.61. The van der Waals surface area contributed by atoms with Gasteiger partial charge in [-0.05, 0) is 32.3 Å². The van der Waals surface area contributed by atoms with E-state index in [1.54, 1.807) is 23.2 Å². The lowest BCUT2D eigenvalue weighted by Crippen LogP contribution is -2.27. The standard InChI is InChI=1S/C17H18N4O2/c1-21(2)10-15(22)19-11-7-8-14(18-9-11)16-12-5-3-4-6-13(12)20-17(16)23/h3-9,20,23H,10H2,1-2H3,(H,19,22). The van der Waals surface area contributed by atoms with E-state index in [1.165, 1.54) is 0 Å². The molecular weight excluding hydrogens is 292 g/mol. The molecule has 0 saturated heterocycles. The monoisotopic (exact) mass is 310 g/mol. The molecule has 0 aliphatic carbocycles. The van der Waals surface area contributed by atoms with Gasteiger partial charge in [0.2, 0.25) is 5.91 Å². The van der Waals surface area contributed by atoms with Gasteiger partial charge < -0.3 is 20.3 Å². The Kier molecular flexibility index (Phi) is 3.99. The average molecular weight is 310 g/mol. The van der Waals surface area contributed by atoms with E-state index >= 15 is 0 Å². The number of benzene rings is 1. The Bertz CT molecular complexity index is 837. The lowest BCUT2D eigenvalue weighted by molar-refractivity contribution is -0.116. The number of aromatic hydroxyl groups is 1. The van der Waals surface area contributed by atoms with Crippen molar-refractivity contribution in [3.8, 4) is 17.1 Å². The molecule has 3 aromatic rings. The number of aromatic nitrogens is 2. The highest BCUT2D eigenvalue weighted by Crippen LogP contribution is 2.35. The fraction of sp³-hybridized carbons (Fsp3) is 0.176. The smallest absolute Gasteiger partial charge is 0.238 e. The highest BCUT2D eigenvalue weighted by Gasteiger charge is 2.13. The second kappa shape index (κ2) is 6.10. The molecule has 0 fully saturated rings. The molecule has 1 amide bonds. The predicted molar refractivity (Wildman–Crippen MR) is 90.4 cm³/mol. The third-order valence-electron chi connectivity index (χ3n) is 3.45. The molecule has 6 nitrogen and oxygen atoms in total. The number of hydrogen-bond acceptors (Lipinski definition) is 4. The first-order valence-corrected chi connectivity index (χ1v) is 7.25. The summed E-state index contributed by atoms with van der Waals surface area (Å²) in [6.45, 7) is 0.311. The van der Waals surface area contributed by atoms with Gasteiger partial charge >= 0.3 is 0 Å². The Hall–Kier alpha value is -2.86. The number of amides is 1. The average Bonchev–Trinajstić information content (AvgIpc) is 2.83. The third kappa shape index (κ3) is 3.17. The van der Waals surface area contributed by atoms with E-state index in [4.69, 9.17) is 0 Å². The number of anilines is 1. The molecule has 0 bridgehead atoms. The van der Waals surface area contributed by atoms with Crippen LogP contribution in [0.3, 0.4) is 0 Å². The maximum absolute atomic E-state index is 11.7. The van der Waals surface area contributed by atoms with Gasteiger partial charge in [-0.2, -0.15) is 0 Å². The van der Waals surface area contributed by atoms with Crippen molar-refractivity contribution in [2.24, 2.45) is 0 Å². The first-order valence-electron chi connectivity index (χ1n) is 7.25. The van der Waals surface area contributed by atoms with Crippen molar-refractivity contribution in [3.05, 3.63) is 42.6 Å². The molecule has 0 radical (unpaired) electrons. The summed E-state index contributed by atoms with van der Waals surface area (Å²) in [5.41, 5.74) is 2.78. The van der Waals surface area contributed by atoms with Crippen LogP contribution in [0.25, 0.3) is 22.2 Å². The van der Waals surface area contributed by atoms with Crippen LogP contribution in [-0.4, -0.2) is 46.5 Å². The van der Waals surface area contributed by atoms with Crippen LogP contribution in [0.5, 0.6) is 5.88 Å². The number of hydrogen-bond donors (Lipinski definition) is 3. The minimum absolute atomic E-state index is 0.0862. The Labute approximate surface area is 133 Å². The molecular formula is C17H18N4O2. The van der Waals surface area contributed by atoms with E-state index in [-0.39, 0.29) is 11.8 Å². The first-order chi connectivity index (χ1) is 11.0. The zero-order valence-corrected chi connectivity index (χ0v) is 13.0. The number of carbonyl (C=O) groups is 1. The molecule has 23 heavy (non-hydrogen) atoms. The molecule has 0 unspecified atom stereocenters. The molecule has 0 aliphatic rings. The molecule has 3 rings (SSSR count). The summed E-state index contributed by atoms with van der Waals surface area (Å²) in [6.07, 6.45) is 1.59. The van der Waals surface area contributed by atoms with Gasteiger partial charge in [0.25, 0.3) is 0 Å². The number of likely N-dealkylation sites (N-methyl/N-ethyl adjacent to an activating group) is 1. The Morgan fingerprint density at radius 3 is 2.74 bits per heavy atom. The molecule has 0 spiro atoms. The first kappa shape index (κ1) is 15.1. The molecule has 118 valence electrons. The summed E-state index contributed by atoms with van der Waals surface area (Å²) in [5, 5.41) is 13.8. The Morgan fingerprint density at radius 1 is 1.26 bits per heavy atom. The number of rotatable bonds is 4. The van der Waals surface area contributed by atoms with Crippen molar-refractivity contribution in [1.29, 1.82) is 0 Å². The quantitative estimate of drug-likeness (QED) is 0.691. The maximum Gasteiger partial charge on any atom is 0.238 e. The van der Waals surface area contributed by atoms with Crippen molar-refractivity contribution in [2.45, 2.75) is 0 Å². The van der Waals surface area contributed by atoms with Gasteiger partial charge in [-0.1, -0.05) is 18.2 Å². The van der Waals surface area contributed by atoms with Crippen LogP contribution in [0.15, 0.2) is 42.6 Å². The van der Waals surface area contributed by atoms with E-state index in [2.05, 4.69) is 15.3 Å². The zero-order valence-electron chi connectivity index (χ0n) is 13.0. The number of pyridine rings is 1. The molecule has 6 heteroatoms. The summed E-state index contributed by atoms with van der Waals surface area (Å²) >= 11 is 0. The Balaban J connectivity index is 1.87. The van der Waals surface area contributed by atoms with Gasteiger partial charge in [0.1, 0.15) is 0 Å². The number of carbonyl (C=O) groups excluding carboxylic acids is 1. The normalized spacial score (nSPS) is 11.1. The van der Waals surface area contributed by atoms with E-state index in [0.29, 0.717) is 23.5 Å². The van der Waals surface area contributed by atoms with Crippen LogP contribution in [0.2, 0.25) is 0 Å². The summed E-state index contributed by atoms with van der Waals surface area (Å²) in [5.74, 6) is -0.0115. The van der Waals surface area contributed by atoms with Crippen molar-refractivity contribution in [2.75, 3.05) is 26.0 Å². The van der Waals surface area contributed by atoms with Crippen LogP contribution in [-0.2, 0) is 4.79 Å². The SMILES string of the molecule is CN(C)CC(=O)Nc1ccc(-c2c(O)[nH]c3ccccc23)nc1. The number of nitrogens with zero attached hydrogens (tertiary/aromatic N) is 2. The molecule has 0 aliphatic heterocycles.